The summed E-state index contributed by atoms with van der Waals surface area (Å²) >= 11 is 0. The highest BCUT2D eigenvalue weighted by molar-refractivity contribution is 6.09. The zero-order valence-electron chi connectivity index (χ0n) is 49.4. The van der Waals surface area contributed by atoms with Gasteiger partial charge in [-0.3, -0.25) is 4.57 Å². The van der Waals surface area contributed by atoms with Gasteiger partial charge < -0.3 is 9.80 Å². The molecule has 322 valence electrons. The summed E-state index contributed by atoms with van der Waals surface area (Å²) in [5.41, 5.74) is 7.14. The lowest BCUT2D eigenvalue weighted by Gasteiger charge is -2.28. The summed E-state index contributed by atoms with van der Waals surface area (Å²) in [5.74, 6) is 0.706. The molecule has 0 spiro atoms. The number of nitrogens with zero attached hydrogens (tertiary/aromatic N) is 4. The first-order valence-electron chi connectivity index (χ1n) is 28.2. The first-order valence-corrected chi connectivity index (χ1v) is 22.2. The van der Waals surface area contributed by atoms with Gasteiger partial charge in [-0.05, 0) is 99.3 Å². The number of rotatable bonds is 9. The number of hydrogen-bond donors (Lipinski definition) is 0. The lowest BCUT2D eigenvalue weighted by atomic mass is 9.78. The summed E-state index contributed by atoms with van der Waals surface area (Å²) in [4.78, 5) is 8.83. The summed E-state index contributed by atoms with van der Waals surface area (Å²) in [5, 5.41) is 1.95. The van der Waals surface area contributed by atoms with Gasteiger partial charge in [-0.25, -0.2) is 4.98 Å². The molecule has 4 heteroatoms. The van der Waals surface area contributed by atoms with Crippen LogP contribution in [0.15, 0.2) is 212 Å². The van der Waals surface area contributed by atoms with Crippen molar-refractivity contribution < 1.29 is 16.4 Å². The van der Waals surface area contributed by atoms with E-state index in [1.54, 1.807) is 18.2 Å². The van der Waals surface area contributed by atoms with Crippen LogP contribution in [0, 0.1) is 0 Å². The molecule has 0 saturated heterocycles. The van der Waals surface area contributed by atoms with Crippen molar-refractivity contribution in [3.63, 3.8) is 0 Å². The number of fused-ring (bicyclic) bond motifs is 4. The van der Waals surface area contributed by atoms with Crippen molar-refractivity contribution >= 4 is 44.6 Å². The van der Waals surface area contributed by atoms with Crippen LogP contribution < -0.4 is 9.80 Å². The Balaban J connectivity index is 1.08. The van der Waals surface area contributed by atoms with Crippen LogP contribution >= 0.6 is 0 Å². The first kappa shape index (κ1) is 29.7. The van der Waals surface area contributed by atoms with Gasteiger partial charge in [0, 0.05) is 41.9 Å². The topological polar surface area (TPSA) is 24.3 Å². The van der Waals surface area contributed by atoms with Crippen LogP contribution in [-0.2, 0) is 17.2 Å². The normalized spacial score (nSPS) is 15.7. The Morgan fingerprint density at radius 3 is 1.86 bits per heavy atom. The lowest BCUT2D eigenvalue weighted by molar-refractivity contribution is 0.589. The Labute approximate surface area is 405 Å². The summed E-state index contributed by atoms with van der Waals surface area (Å²) in [6.45, 7) is 10.6. The summed E-state index contributed by atoms with van der Waals surface area (Å²) in [6.07, 6.45) is -0.238. The summed E-state index contributed by atoms with van der Waals surface area (Å²) < 4.78 is 111. The molecular weight excluding hydrogens is 801 g/mol. The number of aromatic nitrogens is 2. The Kier molecular flexibility index (Phi) is 7.37. The van der Waals surface area contributed by atoms with Crippen molar-refractivity contribution in [3.05, 3.63) is 240 Å². The molecule has 0 unspecified atom stereocenters. The van der Waals surface area contributed by atoms with Gasteiger partial charge in [0.15, 0.2) is 0 Å². The highest BCUT2D eigenvalue weighted by Crippen LogP contribution is 2.50. The van der Waals surface area contributed by atoms with E-state index in [1.807, 2.05) is 113 Å². The maximum absolute atomic E-state index is 10.2. The zero-order chi connectivity index (χ0) is 55.5. The monoisotopic (exact) mass is 867 g/mol. The first-order chi connectivity index (χ1) is 37.0. The van der Waals surface area contributed by atoms with Crippen LogP contribution in [0.1, 0.15) is 78.9 Å². The average molecular weight is 867 g/mol. The van der Waals surface area contributed by atoms with E-state index in [9.17, 15) is 2.74 Å². The van der Waals surface area contributed by atoms with Crippen LogP contribution in [0.4, 0.5) is 22.7 Å². The molecule has 1 aliphatic heterocycles. The molecule has 0 fully saturated rings. The van der Waals surface area contributed by atoms with Crippen molar-refractivity contribution in [2.24, 2.45) is 0 Å². The van der Waals surface area contributed by atoms with E-state index in [0.717, 1.165) is 38.5 Å². The third kappa shape index (κ3) is 7.33. The molecule has 0 aliphatic carbocycles. The molecular formula is C62H54N4. The second-order valence-electron chi connectivity index (χ2n) is 18.3. The largest absolute Gasteiger partial charge is 0.321 e. The molecule has 4 nitrogen and oxygen atoms in total. The Hall–Kier alpha value is -7.69. The molecule has 3 heterocycles. The minimum atomic E-state index is -2.07. The predicted octanol–water partition coefficient (Wildman–Crippen LogP) is 16.0. The minimum absolute atomic E-state index is 0.0237. The van der Waals surface area contributed by atoms with Gasteiger partial charge in [0.25, 0.3) is 0 Å². The standard InChI is InChI=1S/C62H54N4/c1-61(2,3)49-37-44(36-43-32-33-54-53-26-15-16-29-55(53)66(58(54)39-43)59-41-48(34-35-63-59)62(4,5)47-24-13-8-14-25-47)38-50(40-49)64-42-65(57-31-18-17-30-56(57)64)60-51(45-20-9-6-10-21-45)27-19-28-52(60)46-22-11-7-12-23-46/h6-35,37-41H,36,42H2,1-5H3/i6D,7D,9D,10D,11D,12D,20D,21D,22D,23D,36D2. The van der Waals surface area contributed by atoms with Gasteiger partial charge in [0.1, 0.15) is 12.5 Å². The van der Waals surface area contributed by atoms with Gasteiger partial charge in [-0.1, -0.05) is 192 Å². The predicted molar refractivity (Wildman–Crippen MR) is 278 cm³/mol. The zero-order valence-corrected chi connectivity index (χ0v) is 37.4. The molecule has 66 heavy (non-hydrogen) atoms. The molecule has 10 aromatic rings. The Morgan fingerprint density at radius 2 is 1.17 bits per heavy atom. The van der Waals surface area contributed by atoms with E-state index < -0.39 is 72.2 Å². The number of anilines is 4. The molecule has 1 aliphatic rings. The molecule has 0 radical (unpaired) electrons. The Morgan fingerprint density at radius 1 is 0.530 bits per heavy atom. The molecule has 11 rings (SSSR count). The quantitative estimate of drug-likeness (QED) is 0.144. The minimum Gasteiger partial charge on any atom is -0.321 e. The van der Waals surface area contributed by atoms with Crippen molar-refractivity contribution in [2.75, 3.05) is 16.5 Å². The summed E-state index contributed by atoms with van der Waals surface area (Å²) in [7, 11) is 0. The van der Waals surface area contributed by atoms with Gasteiger partial charge in [0.05, 0.1) is 41.8 Å². The van der Waals surface area contributed by atoms with Gasteiger partial charge >= 0.3 is 0 Å². The second kappa shape index (κ2) is 16.4. The smallest absolute Gasteiger partial charge is 0.137 e. The van der Waals surface area contributed by atoms with Crippen molar-refractivity contribution in [1.82, 2.24) is 9.55 Å². The molecule has 2 aromatic heterocycles. The fourth-order valence-corrected chi connectivity index (χ4v) is 9.32. The maximum Gasteiger partial charge on any atom is 0.137 e. The van der Waals surface area contributed by atoms with Crippen LogP contribution in [-0.4, -0.2) is 16.2 Å². The number of para-hydroxylation sites is 4. The fraction of sp³-hybridized carbons (Fsp3) is 0.145. The van der Waals surface area contributed by atoms with E-state index in [4.69, 9.17) is 18.7 Å². The number of benzene rings is 8. The molecule has 0 saturated carbocycles. The van der Waals surface area contributed by atoms with Crippen molar-refractivity contribution in [1.29, 1.82) is 0 Å². The summed E-state index contributed by atoms with van der Waals surface area (Å²) in [6, 6.07) is 41.4. The van der Waals surface area contributed by atoms with Crippen molar-refractivity contribution in [2.45, 2.75) is 51.8 Å². The van der Waals surface area contributed by atoms with Crippen LogP contribution in [0.3, 0.4) is 0 Å². The van der Waals surface area contributed by atoms with Crippen LogP contribution in [0.5, 0.6) is 0 Å². The molecule has 0 atom stereocenters. The average Bonchev–Trinajstić information content (AvgIpc) is 4.16. The highest BCUT2D eigenvalue weighted by Gasteiger charge is 2.32. The van der Waals surface area contributed by atoms with E-state index >= 15 is 0 Å². The number of pyridine rings is 1. The lowest BCUT2D eigenvalue weighted by Crippen LogP contribution is -2.25. The molecule has 0 bridgehead atoms. The SMILES string of the molecule is [2H]c1c([2H])c([2H])c(-c2cccc(-c3c([2H])c([2H])c([2H])c([2H])c3[2H])c2N2CN(c3cc(C(C)(C)C)cc(C([2H])([2H])c4ccc5c6ccccc6n(-c6cc(C(C)(C)c7ccccc7)ccn6)c5c4)c3)c3ccccc32)c([2H])c1[2H]. The van der Waals surface area contributed by atoms with Gasteiger partial charge in [-0.15, -0.1) is 0 Å². The Bertz CT molecular complexity index is 3940. The van der Waals surface area contributed by atoms with E-state index in [2.05, 4.69) is 69.5 Å². The van der Waals surface area contributed by atoms with Crippen LogP contribution in [0.2, 0.25) is 0 Å². The molecule has 0 N–H and O–H groups in total. The van der Waals surface area contributed by atoms with Crippen LogP contribution in [0.25, 0.3) is 49.9 Å². The molecule has 0 amide bonds. The second-order valence-corrected chi connectivity index (χ2v) is 18.3. The third-order valence-electron chi connectivity index (χ3n) is 12.8. The van der Waals surface area contributed by atoms with E-state index in [1.165, 1.54) is 0 Å². The third-order valence-corrected chi connectivity index (χ3v) is 12.8. The van der Waals surface area contributed by atoms with Gasteiger partial charge in [-0.2, -0.15) is 0 Å². The van der Waals surface area contributed by atoms with Gasteiger partial charge in [0.2, 0.25) is 0 Å². The highest BCUT2D eigenvalue weighted by atomic mass is 15.4. The maximum atomic E-state index is 10.2. The molecule has 8 aromatic carbocycles. The fourth-order valence-electron chi connectivity index (χ4n) is 9.32. The van der Waals surface area contributed by atoms with Crippen molar-refractivity contribution in [3.8, 4) is 28.1 Å². The van der Waals surface area contributed by atoms with E-state index in [0.29, 0.717) is 34.0 Å². The number of hydrogen-bond acceptors (Lipinski definition) is 3. The van der Waals surface area contributed by atoms with E-state index in [-0.39, 0.29) is 40.0 Å².